The molecule has 0 aliphatic heterocycles. The van der Waals surface area contributed by atoms with Gasteiger partial charge in [-0.25, -0.2) is 8.78 Å². The van der Waals surface area contributed by atoms with Crippen LogP contribution in [0, 0.1) is 21.7 Å². The Morgan fingerprint density at radius 1 is 1.26 bits per heavy atom. The van der Waals surface area contributed by atoms with E-state index >= 15 is 0 Å². The van der Waals surface area contributed by atoms with Crippen LogP contribution in [-0.2, 0) is 0 Å². The molecule has 120 valence electrons. The van der Waals surface area contributed by atoms with Gasteiger partial charge in [0.2, 0.25) is 0 Å². The number of nitrogens with zero attached hydrogens (tertiary/aromatic N) is 1. The average molecular weight is 321 g/mol. The van der Waals surface area contributed by atoms with E-state index in [1.165, 1.54) is 25.1 Å². The van der Waals surface area contributed by atoms with Crippen LogP contribution in [0.15, 0.2) is 36.4 Å². The number of anilines is 1. The highest BCUT2D eigenvalue weighted by atomic mass is 19.1. The number of nitro benzene ring substituents is 1. The Kier molecular flexibility index (Phi) is 4.54. The number of halogens is 2. The van der Waals surface area contributed by atoms with Gasteiger partial charge in [-0.1, -0.05) is 6.07 Å². The summed E-state index contributed by atoms with van der Waals surface area (Å²) in [5.74, 6) is -2.15. The van der Waals surface area contributed by atoms with Gasteiger partial charge in [-0.15, -0.1) is 0 Å². The van der Waals surface area contributed by atoms with Crippen LogP contribution < -0.4 is 11.1 Å². The summed E-state index contributed by atoms with van der Waals surface area (Å²) >= 11 is 0. The van der Waals surface area contributed by atoms with Crippen molar-refractivity contribution in [3.63, 3.8) is 0 Å². The molecule has 6 nitrogen and oxygen atoms in total. The minimum atomic E-state index is -0.791. The summed E-state index contributed by atoms with van der Waals surface area (Å²) in [6.07, 6.45) is 0. The first-order valence-electron chi connectivity index (χ1n) is 6.59. The van der Waals surface area contributed by atoms with Crippen molar-refractivity contribution < 1.29 is 18.5 Å². The van der Waals surface area contributed by atoms with Crippen molar-refractivity contribution in [2.75, 3.05) is 5.73 Å². The smallest absolute Gasteiger partial charge is 0.292 e. The summed E-state index contributed by atoms with van der Waals surface area (Å²) in [4.78, 5) is 22.2. The molecule has 0 saturated heterocycles. The third-order valence-electron chi connectivity index (χ3n) is 3.27. The number of hydrogen-bond donors (Lipinski definition) is 2. The predicted octanol–water partition coefficient (Wildman–Crippen LogP) is 2.95. The molecule has 1 atom stereocenters. The molecule has 0 saturated carbocycles. The standard InChI is InChI=1S/C15H13F2N3O3/c1-8(11-4-3-10(16)7-12(11)17)19-15(21)9-2-5-13(18)14(6-9)20(22)23/h2-8H,18H2,1H3,(H,19,21). The van der Waals surface area contributed by atoms with Gasteiger partial charge in [-0.2, -0.15) is 0 Å². The van der Waals surface area contributed by atoms with Gasteiger partial charge in [-0.05, 0) is 25.1 Å². The molecule has 0 radical (unpaired) electrons. The quantitative estimate of drug-likeness (QED) is 0.514. The topological polar surface area (TPSA) is 98.3 Å². The zero-order chi connectivity index (χ0) is 17.1. The summed E-state index contributed by atoms with van der Waals surface area (Å²) < 4.78 is 26.6. The minimum Gasteiger partial charge on any atom is -0.393 e. The molecule has 0 heterocycles. The molecule has 0 bridgehead atoms. The molecule has 0 spiro atoms. The Balaban J connectivity index is 2.21. The Labute approximate surface area is 130 Å². The number of carbonyl (C=O) groups is 1. The second-order valence-electron chi connectivity index (χ2n) is 4.89. The van der Waals surface area contributed by atoms with Gasteiger partial charge in [-0.3, -0.25) is 14.9 Å². The van der Waals surface area contributed by atoms with E-state index in [-0.39, 0.29) is 16.8 Å². The number of nitrogens with two attached hydrogens (primary N) is 1. The Hall–Kier alpha value is -3.03. The first kappa shape index (κ1) is 16.3. The molecule has 0 aliphatic rings. The van der Waals surface area contributed by atoms with Crippen LogP contribution in [0.1, 0.15) is 28.9 Å². The number of rotatable bonds is 4. The number of nitrogen functional groups attached to an aromatic ring is 1. The summed E-state index contributed by atoms with van der Waals surface area (Å²) in [6.45, 7) is 1.51. The molecule has 8 heteroatoms. The van der Waals surface area contributed by atoms with E-state index in [9.17, 15) is 23.7 Å². The Morgan fingerprint density at radius 2 is 1.96 bits per heavy atom. The molecular weight excluding hydrogens is 308 g/mol. The summed E-state index contributed by atoms with van der Waals surface area (Å²) in [6, 6.07) is 5.88. The lowest BCUT2D eigenvalue weighted by Crippen LogP contribution is -2.27. The maximum Gasteiger partial charge on any atom is 0.292 e. The number of hydrogen-bond acceptors (Lipinski definition) is 4. The van der Waals surface area contributed by atoms with Gasteiger partial charge in [0.25, 0.3) is 11.6 Å². The van der Waals surface area contributed by atoms with Crippen molar-refractivity contribution in [1.29, 1.82) is 0 Å². The molecule has 2 aromatic rings. The van der Waals surface area contributed by atoms with Crippen molar-refractivity contribution in [2.45, 2.75) is 13.0 Å². The van der Waals surface area contributed by atoms with Gasteiger partial charge in [0.15, 0.2) is 0 Å². The van der Waals surface area contributed by atoms with Gasteiger partial charge in [0.1, 0.15) is 17.3 Å². The highest BCUT2D eigenvalue weighted by Crippen LogP contribution is 2.23. The predicted molar refractivity (Wildman–Crippen MR) is 79.7 cm³/mol. The van der Waals surface area contributed by atoms with E-state index in [1.54, 1.807) is 0 Å². The van der Waals surface area contributed by atoms with Crippen LogP contribution in [0.3, 0.4) is 0 Å². The fourth-order valence-corrected chi connectivity index (χ4v) is 2.05. The molecule has 1 unspecified atom stereocenters. The fourth-order valence-electron chi connectivity index (χ4n) is 2.05. The van der Waals surface area contributed by atoms with Gasteiger partial charge in [0.05, 0.1) is 11.0 Å². The molecule has 2 rings (SSSR count). The van der Waals surface area contributed by atoms with Crippen molar-refractivity contribution >= 4 is 17.3 Å². The molecule has 1 amide bonds. The van der Waals surface area contributed by atoms with Crippen molar-refractivity contribution in [3.05, 3.63) is 69.3 Å². The lowest BCUT2D eigenvalue weighted by molar-refractivity contribution is -0.383. The second-order valence-corrected chi connectivity index (χ2v) is 4.89. The average Bonchev–Trinajstić information content (AvgIpc) is 2.46. The van der Waals surface area contributed by atoms with Crippen molar-refractivity contribution in [1.82, 2.24) is 5.32 Å². The zero-order valence-electron chi connectivity index (χ0n) is 12.0. The molecule has 3 N–H and O–H groups in total. The molecule has 0 fully saturated rings. The summed E-state index contributed by atoms with van der Waals surface area (Å²) in [5, 5.41) is 13.3. The fraction of sp³-hybridized carbons (Fsp3) is 0.133. The third kappa shape index (κ3) is 3.60. The molecule has 0 aliphatic carbocycles. The van der Waals surface area contributed by atoms with E-state index < -0.39 is 34.2 Å². The lowest BCUT2D eigenvalue weighted by atomic mass is 10.1. The zero-order valence-corrected chi connectivity index (χ0v) is 12.0. The van der Waals surface area contributed by atoms with E-state index in [2.05, 4.69) is 5.32 Å². The van der Waals surface area contributed by atoms with Gasteiger partial charge >= 0.3 is 0 Å². The SMILES string of the molecule is CC(NC(=O)c1ccc(N)c([N+](=O)[O-])c1)c1ccc(F)cc1F. The van der Waals surface area contributed by atoms with Gasteiger partial charge < -0.3 is 11.1 Å². The third-order valence-corrected chi connectivity index (χ3v) is 3.27. The van der Waals surface area contributed by atoms with E-state index in [1.807, 2.05) is 0 Å². The Bertz CT molecular complexity index is 781. The van der Waals surface area contributed by atoms with Crippen LogP contribution in [0.5, 0.6) is 0 Å². The molecular formula is C15H13F2N3O3. The first-order valence-corrected chi connectivity index (χ1v) is 6.59. The van der Waals surface area contributed by atoms with E-state index in [4.69, 9.17) is 5.73 Å². The van der Waals surface area contributed by atoms with Crippen LogP contribution in [-0.4, -0.2) is 10.8 Å². The molecule has 2 aromatic carbocycles. The maximum absolute atomic E-state index is 13.7. The number of nitrogens with one attached hydrogen (secondary N) is 1. The molecule has 0 aromatic heterocycles. The van der Waals surface area contributed by atoms with Crippen LogP contribution in [0.25, 0.3) is 0 Å². The molecule has 23 heavy (non-hydrogen) atoms. The largest absolute Gasteiger partial charge is 0.393 e. The first-order chi connectivity index (χ1) is 10.8. The Morgan fingerprint density at radius 3 is 2.57 bits per heavy atom. The summed E-state index contributed by atoms with van der Waals surface area (Å²) in [7, 11) is 0. The highest BCUT2D eigenvalue weighted by Gasteiger charge is 2.19. The van der Waals surface area contributed by atoms with Crippen molar-refractivity contribution in [2.24, 2.45) is 0 Å². The second kappa shape index (κ2) is 6.39. The minimum absolute atomic E-state index is 0.0141. The number of benzene rings is 2. The lowest BCUT2D eigenvalue weighted by Gasteiger charge is -2.15. The monoisotopic (exact) mass is 321 g/mol. The van der Waals surface area contributed by atoms with E-state index in [0.29, 0.717) is 6.07 Å². The number of amides is 1. The number of nitro groups is 1. The van der Waals surface area contributed by atoms with E-state index in [0.717, 1.165) is 12.1 Å². The normalized spacial score (nSPS) is 11.8. The summed E-state index contributed by atoms with van der Waals surface area (Å²) in [5.41, 5.74) is 5.12. The van der Waals surface area contributed by atoms with Gasteiger partial charge in [0, 0.05) is 23.3 Å². The van der Waals surface area contributed by atoms with Crippen LogP contribution >= 0.6 is 0 Å². The highest BCUT2D eigenvalue weighted by molar-refractivity contribution is 5.95. The maximum atomic E-state index is 13.7. The van der Waals surface area contributed by atoms with Crippen molar-refractivity contribution in [3.8, 4) is 0 Å². The van der Waals surface area contributed by atoms with Crippen LogP contribution in [0.4, 0.5) is 20.2 Å². The number of carbonyl (C=O) groups excluding carboxylic acids is 1. The van der Waals surface area contributed by atoms with Crippen LogP contribution in [0.2, 0.25) is 0 Å².